The van der Waals surface area contributed by atoms with Crippen LogP contribution < -0.4 is 0 Å². The van der Waals surface area contributed by atoms with Gasteiger partial charge in [0.15, 0.2) is 0 Å². The van der Waals surface area contributed by atoms with Gasteiger partial charge in [0.2, 0.25) is 0 Å². The molecule has 1 unspecified atom stereocenters. The third kappa shape index (κ3) is 3.42. The third-order valence-corrected chi connectivity index (χ3v) is 4.08. The SMILES string of the molecule is CN(CCC(=O)O)CC1CCC2(CCCC2)O1. The van der Waals surface area contributed by atoms with Crippen LogP contribution in [0.1, 0.15) is 44.9 Å². The molecule has 4 nitrogen and oxygen atoms in total. The maximum absolute atomic E-state index is 10.5. The quantitative estimate of drug-likeness (QED) is 0.798. The fourth-order valence-electron chi connectivity index (χ4n) is 3.14. The molecule has 2 aliphatic rings. The van der Waals surface area contributed by atoms with E-state index in [2.05, 4.69) is 4.90 Å². The van der Waals surface area contributed by atoms with Gasteiger partial charge in [-0.15, -0.1) is 0 Å². The Hall–Kier alpha value is -0.610. The molecule has 4 heteroatoms. The highest BCUT2D eigenvalue weighted by Crippen LogP contribution is 2.43. The van der Waals surface area contributed by atoms with Gasteiger partial charge >= 0.3 is 5.97 Å². The molecule has 98 valence electrons. The Bertz CT molecular complexity index is 274. The van der Waals surface area contributed by atoms with Gasteiger partial charge in [0.25, 0.3) is 0 Å². The van der Waals surface area contributed by atoms with Crippen molar-refractivity contribution in [3.05, 3.63) is 0 Å². The minimum Gasteiger partial charge on any atom is -0.481 e. The highest BCUT2D eigenvalue weighted by molar-refractivity contribution is 5.66. The molecule has 1 saturated carbocycles. The molecule has 17 heavy (non-hydrogen) atoms. The second-order valence-electron chi connectivity index (χ2n) is 5.57. The van der Waals surface area contributed by atoms with E-state index in [9.17, 15) is 4.79 Å². The van der Waals surface area contributed by atoms with Crippen molar-refractivity contribution < 1.29 is 14.6 Å². The van der Waals surface area contributed by atoms with E-state index in [0.29, 0.717) is 12.6 Å². The van der Waals surface area contributed by atoms with Crippen LogP contribution >= 0.6 is 0 Å². The van der Waals surface area contributed by atoms with E-state index in [-0.39, 0.29) is 12.0 Å². The topological polar surface area (TPSA) is 49.8 Å². The van der Waals surface area contributed by atoms with Gasteiger partial charge < -0.3 is 14.7 Å². The summed E-state index contributed by atoms with van der Waals surface area (Å²) in [4.78, 5) is 12.6. The van der Waals surface area contributed by atoms with E-state index < -0.39 is 5.97 Å². The Balaban J connectivity index is 1.71. The second-order valence-corrected chi connectivity index (χ2v) is 5.57. The Morgan fingerprint density at radius 1 is 1.41 bits per heavy atom. The summed E-state index contributed by atoms with van der Waals surface area (Å²) in [5.41, 5.74) is 0.193. The predicted molar refractivity (Wildman–Crippen MR) is 65.1 cm³/mol. The number of carbonyl (C=O) groups is 1. The molecule has 1 heterocycles. The average molecular weight is 241 g/mol. The Morgan fingerprint density at radius 3 is 2.76 bits per heavy atom. The van der Waals surface area contributed by atoms with Crippen LogP contribution in [0.5, 0.6) is 0 Å². The smallest absolute Gasteiger partial charge is 0.304 e. The van der Waals surface area contributed by atoms with Crippen LogP contribution in [-0.4, -0.2) is 47.8 Å². The normalized spacial score (nSPS) is 27.1. The highest BCUT2D eigenvalue weighted by Gasteiger charge is 2.42. The monoisotopic (exact) mass is 241 g/mol. The molecule has 1 N–H and O–H groups in total. The van der Waals surface area contributed by atoms with Crippen molar-refractivity contribution in [2.75, 3.05) is 20.1 Å². The van der Waals surface area contributed by atoms with Crippen molar-refractivity contribution in [3.8, 4) is 0 Å². The first kappa shape index (κ1) is 12.8. The molecular weight excluding hydrogens is 218 g/mol. The van der Waals surface area contributed by atoms with E-state index in [1.54, 1.807) is 0 Å². The number of carboxylic acid groups (broad SMARTS) is 1. The average Bonchev–Trinajstić information content (AvgIpc) is 2.87. The molecule has 0 bridgehead atoms. The van der Waals surface area contributed by atoms with Crippen molar-refractivity contribution >= 4 is 5.97 Å². The molecule has 2 fully saturated rings. The largest absolute Gasteiger partial charge is 0.481 e. The van der Waals surface area contributed by atoms with Crippen LogP contribution in [0.25, 0.3) is 0 Å². The van der Waals surface area contributed by atoms with Crippen LogP contribution in [0.15, 0.2) is 0 Å². The molecule has 1 spiro atoms. The fourth-order valence-corrected chi connectivity index (χ4v) is 3.14. The summed E-state index contributed by atoms with van der Waals surface area (Å²) >= 11 is 0. The first-order chi connectivity index (χ1) is 8.10. The summed E-state index contributed by atoms with van der Waals surface area (Å²) in [6, 6.07) is 0. The molecule has 1 aliphatic heterocycles. The first-order valence-electron chi connectivity index (χ1n) is 6.68. The lowest BCUT2D eigenvalue weighted by atomic mass is 9.98. The van der Waals surface area contributed by atoms with E-state index >= 15 is 0 Å². The van der Waals surface area contributed by atoms with E-state index in [4.69, 9.17) is 9.84 Å². The minimum absolute atomic E-state index is 0.193. The molecule has 0 aromatic rings. The number of nitrogens with zero attached hydrogens (tertiary/aromatic N) is 1. The Kier molecular flexibility index (Phi) is 4.05. The summed E-state index contributed by atoms with van der Waals surface area (Å²) in [5, 5.41) is 8.63. The fraction of sp³-hybridized carbons (Fsp3) is 0.923. The van der Waals surface area contributed by atoms with Gasteiger partial charge in [-0.1, -0.05) is 12.8 Å². The zero-order valence-corrected chi connectivity index (χ0v) is 10.7. The van der Waals surface area contributed by atoms with Crippen molar-refractivity contribution in [2.45, 2.75) is 56.7 Å². The van der Waals surface area contributed by atoms with Crippen LogP contribution in [0.3, 0.4) is 0 Å². The van der Waals surface area contributed by atoms with Gasteiger partial charge in [-0.3, -0.25) is 4.79 Å². The van der Waals surface area contributed by atoms with Crippen LogP contribution in [-0.2, 0) is 9.53 Å². The van der Waals surface area contributed by atoms with Gasteiger partial charge in [0, 0.05) is 13.1 Å². The van der Waals surface area contributed by atoms with E-state index in [1.165, 1.54) is 32.1 Å². The van der Waals surface area contributed by atoms with E-state index in [1.807, 2.05) is 7.05 Å². The zero-order chi connectivity index (χ0) is 12.3. The van der Waals surface area contributed by atoms with Gasteiger partial charge in [0.1, 0.15) is 0 Å². The lowest BCUT2D eigenvalue weighted by Crippen LogP contribution is -2.33. The number of rotatable bonds is 5. The first-order valence-corrected chi connectivity index (χ1v) is 6.68. The maximum Gasteiger partial charge on any atom is 0.304 e. The molecular formula is C13H23NO3. The van der Waals surface area contributed by atoms with Crippen LogP contribution in [0.2, 0.25) is 0 Å². The lowest BCUT2D eigenvalue weighted by molar-refractivity contribution is -0.137. The minimum atomic E-state index is -0.726. The van der Waals surface area contributed by atoms with Crippen molar-refractivity contribution in [1.29, 1.82) is 0 Å². The summed E-state index contributed by atoms with van der Waals surface area (Å²) in [7, 11) is 1.98. The Morgan fingerprint density at radius 2 is 2.12 bits per heavy atom. The number of likely N-dealkylation sites (N-methyl/N-ethyl adjacent to an activating group) is 1. The second kappa shape index (κ2) is 5.36. The van der Waals surface area contributed by atoms with Crippen molar-refractivity contribution in [3.63, 3.8) is 0 Å². The number of hydrogen-bond acceptors (Lipinski definition) is 3. The lowest BCUT2D eigenvalue weighted by Gasteiger charge is -2.26. The standard InChI is InChI=1S/C13H23NO3/c1-14(9-5-12(15)16)10-11-4-8-13(17-11)6-2-3-7-13/h11H,2-10H2,1H3,(H,15,16). The van der Waals surface area contributed by atoms with E-state index in [0.717, 1.165) is 13.0 Å². The summed E-state index contributed by atoms with van der Waals surface area (Å²) in [5.74, 6) is -0.726. The molecule has 0 amide bonds. The molecule has 0 aromatic heterocycles. The van der Waals surface area contributed by atoms with Gasteiger partial charge in [-0.05, 0) is 32.7 Å². The van der Waals surface area contributed by atoms with Gasteiger partial charge in [-0.2, -0.15) is 0 Å². The van der Waals surface area contributed by atoms with Crippen molar-refractivity contribution in [1.82, 2.24) is 4.90 Å². The van der Waals surface area contributed by atoms with Crippen LogP contribution in [0, 0.1) is 0 Å². The zero-order valence-electron chi connectivity index (χ0n) is 10.7. The number of aliphatic carboxylic acids is 1. The molecule has 0 radical (unpaired) electrons. The Labute approximate surface area is 103 Å². The number of ether oxygens (including phenoxy) is 1. The molecule has 0 aromatic carbocycles. The summed E-state index contributed by atoms with van der Waals surface area (Å²) < 4.78 is 6.20. The predicted octanol–water partition coefficient (Wildman–Crippen LogP) is 1.88. The molecule has 2 rings (SSSR count). The number of hydrogen-bond donors (Lipinski definition) is 1. The van der Waals surface area contributed by atoms with Crippen LogP contribution in [0.4, 0.5) is 0 Å². The summed E-state index contributed by atoms with van der Waals surface area (Å²) in [6.45, 7) is 1.48. The molecule has 1 saturated heterocycles. The van der Waals surface area contributed by atoms with Crippen molar-refractivity contribution in [2.24, 2.45) is 0 Å². The van der Waals surface area contributed by atoms with Gasteiger partial charge in [0.05, 0.1) is 18.1 Å². The molecule has 1 atom stereocenters. The number of carboxylic acids is 1. The third-order valence-electron chi connectivity index (χ3n) is 4.08. The summed E-state index contributed by atoms with van der Waals surface area (Å²) in [6.07, 6.45) is 7.93. The highest BCUT2D eigenvalue weighted by atomic mass is 16.5. The maximum atomic E-state index is 10.5. The molecule has 1 aliphatic carbocycles. The van der Waals surface area contributed by atoms with Gasteiger partial charge in [-0.25, -0.2) is 0 Å².